The number of hydrogen-bond donors (Lipinski definition) is 10. The number of amides is 3. The van der Waals surface area contributed by atoms with E-state index in [2.05, 4.69) is 49.6 Å². The van der Waals surface area contributed by atoms with Crippen molar-refractivity contribution in [2.24, 2.45) is 0 Å². The molecule has 0 saturated heterocycles. The van der Waals surface area contributed by atoms with Crippen molar-refractivity contribution in [1.82, 2.24) is 25.5 Å². The van der Waals surface area contributed by atoms with Gasteiger partial charge in [0.25, 0.3) is 17.7 Å². The molecule has 1 unspecified atom stereocenters. The number of aromatic nitrogens is 2. The van der Waals surface area contributed by atoms with Gasteiger partial charge in [0.05, 0.1) is 73.1 Å². The summed E-state index contributed by atoms with van der Waals surface area (Å²) < 4.78 is 12.2. The first-order chi connectivity index (χ1) is 39.2. The number of aliphatic hydroxyl groups excluding tert-OH is 4. The largest absolute Gasteiger partial charge is 0.490 e. The predicted octanol–water partition coefficient (Wildman–Crippen LogP) is 7.25. The minimum Gasteiger partial charge on any atom is -0.490 e. The lowest BCUT2D eigenvalue weighted by Gasteiger charge is -2.38. The summed E-state index contributed by atoms with van der Waals surface area (Å²) in [5, 5.41) is 63.3. The van der Waals surface area contributed by atoms with E-state index in [4.69, 9.17) is 14.6 Å². The number of para-hydroxylation sites is 2. The van der Waals surface area contributed by atoms with Crippen LogP contribution < -0.4 is 25.4 Å². The van der Waals surface area contributed by atoms with Gasteiger partial charge in [-0.3, -0.25) is 14.4 Å². The highest BCUT2D eigenvalue weighted by Gasteiger charge is 2.34. The third kappa shape index (κ3) is 14.5. The molecule has 10 N–H and O–H groups in total. The number of benzene rings is 6. The van der Waals surface area contributed by atoms with Crippen LogP contribution in [-0.2, 0) is 12.8 Å². The second-order valence-corrected chi connectivity index (χ2v) is 19.7. The summed E-state index contributed by atoms with van der Waals surface area (Å²) >= 11 is 0. The number of carboxylic acids is 1. The molecule has 0 aliphatic carbocycles. The molecule has 6 aromatic carbocycles. The molecule has 0 bridgehead atoms. The number of carbonyl (C=O) groups excluding carboxylic acids is 3. The van der Waals surface area contributed by atoms with Crippen LogP contribution in [-0.4, -0.2) is 128 Å². The van der Waals surface area contributed by atoms with Crippen LogP contribution in [0.25, 0.3) is 21.8 Å². The third-order valence-corrected chi connectivity index (χ3v) is 13.2. The minimum absolute atomic E-state index is 0.00361. The van der Waals surface area contributed by atoms with Crippen molar-refractivity contribution in [2.75, 3.05) is 38.3 Å². The molecule has 0 fully saturated rings. The Morgan fingerprint density at radius 2 is 1.11 bits per heavy atom. The van der Waals surface area contributed by atoms with Crippen LogP contribution in [0.5, 0.6) is 11.5 Å². The number of carbonyl (C=O) groups is 4. The summed E-state index contributed by atoms with van der Waals surface area (Å²) in [5.74, 6) is 9.98. The normalized spacial score (nSPS) is 12.2. The Morgan fingerprint density at radius 1 is 0.580 bits per heavy atom. The molecular formula is C64H64N6O11. The van der Waals surface area contributed by atoms with E-state index in [9.17, 15) is 34.8 Å². The Balaban J connectivity index is 1.13. The molecule has 8 aromatic rings. The minimum atomic E-state index is -1.37. The van der Waals surface area contributed by atoms with Gasteiger partial charge < -0.3 is 65.8 Å². The molecule has 3 amide bonds. The summed E-state index contributed by atoms with van der Waals surface area (Å²) in [6, 6.07) is 34.3. The fourth-order valence-electron chi connectivity index (χ4n) is 9.35. The van der Waals surface area contributed by atoms with Crippen LogP contribution in [0.2, 0.25) is 0 Å². The van der Waals surface area contributed by atoms with Gasteiger partial charge in [0.15, 0.2) is 0 Å². The number of aliphatic hydroxyl groups is 4. The van der Waals surface area contributed by atoms with Crippen molar-refractivity contribution >= 4 is 51.2 Å². The molecule has 2 heterocycles. The molecular weight excluding hydrogens is 1030 g/mol. The fraction of sp³-hybridized carbons (Fsp3) is 0.250. The predicted molar refractivity (Wildman–Crippen MR) is 310 cm³/mol. The molecule has 8 rings (SSSR count). The molecule has 17 nitrogen and oxygen atoms in total. The van der Waals surface area contributed by atoms with Gasteiger partial charge in [0.1, 0.15) is 17.7 Å². The Hall–Kier alpha value is -9.36. The van der Waals surface area contributed by atoms with E-state index < -0.39 is 49.2 Å². The summed E-state index contributed by atoms with van der Waals surface area (Å²) in [5.41, 5.74) is 5.60. The van der Waals surface area contributed by atoms with E-state index in [0.717, 1.165) is 32.9 Å². The Bertz CT molecular complexity index is 3670. The second-order valence-electron chi connectivity index (χ2n) is 19.7. The molecule has 0 spiro atoms. The van der Waals surface area contributed by atoms with E-state index in [-0.39, 0.29) is 72.4 Å². The highest BCUT2D eigenvalue weighted by atomic mass is 16.5. The van der Waals surface area contributed by atoms with Crippen molar-refractivity contribution in [3.05, 3.63) is 195 Å². The highest BCUT2D eigenvalue weighted by molar-refractivity contribution is 6.00. The molecule has 416 valence electrons. The van der Waals surface area contributed by atoms with E-state index in [1.54, 1.807) is 80.7 Å². The first kappa shape index (κ1) is 57.8. The van der Waals surface area contributed by atoms with Crippen LogP contribution in [0, 0.1) is 23.7 Å². The van der Waals surface area contributed by atoms with Crippen molar-refractivity contribution in [1.29, 1.82) is 0 Å². The molecule has 0 aliphatic heterocycles. The third-order valence-electron chi connectivity index (χ3n) is 13.2. The van der Waals surface area contributed by atoms with Crippen LogP contribution in [0.3, 0.4) is 0 Å². The number of aromatic carboxylic acids is 1. The zero-order chi connectivity index (χ0) is 57.6. The number of carboxylic acid groups (broad SMARTS) is 1. The van der Waals surface area contributed by atoms with Gasteiger partial charge in [0.2, 0.25) is 0 Å². The number of hydrogen-bond acceptors (Lipinski definition) is 11. The molecule has 0 aliphatic rings. The van der Waals surface area contributed by atoms with Crippen molar-refractivity contribution in [3.63, 3.8) is 0 Å². The average molecular weight is 1090 g/mol. The summed E-state index contributed by atoms with van der Waals surface area (Å²) in [6.45, 7) is 5.53. The number of nitrogens with zero attached hydrogens (tertiary/aromatic N) is 1. The number of aromatic amines is 2. The van der Waals surface area contributed by atoms with Crippen molar-refractivity contribution in [3.8, 4) is 35.2 Å². The number of rotatable bonds is 22. The van der Waals surface area contributed by atoms with Gasteiger partial charge in [-0.15, -0.1) is 0 Å². The van der Waals surface area contributed by atoms with Gasteiger partial charge >= 0.3 is 5.97 Å². The first-order valence-electron chi connectivity index (χ1n) is 26.5. The summed E-state index contributed by atoms with van der Waals surface area (Å²) in [6.07, 6.45) is 2.06. The number of nitrogens with one attached hydrogen (secondary N) is 5. The lowest BCUT2D eigenvalue weighted by atomic mass is 10.0. The van der Waals surface area contributed by atoms with E-state index in [0.29, 0.717) is 40.0 Å². The molecule has 2 aromatic heterocycles. The van der Waals surface area contributed by atoms with Gasteiger partial charge in [-0.2, -0.15) is 0 Å². The van der Waals surface area contributed by atoms with Gasteiger partial charge in [0, 0.05) is 68.6 Å². The van der Waals surface area contributed by atoms with Crippen LogP contribution in [0.4, 0.5) is 5.69 Å². The highest BCUT2D eigenvalue weighted by Crippen LogP contribution is 2.30. The van der Waals surface area contributed by atoms with E-state index in [1.165, 1.54) is 23.1 Å². The Morgan fingerprint density at radius 3 is 1.67 bits per heavy atom. The number of fused-ring (bicyclic) bond motifs is 2. The van der Waals surface area contributed by atoms with Crippen LogP contribution in [0.1, 0.15) is 103 Å². The molecule has 81 heavy (non-hydrogen) atoms. The average Bonchev–Trinajstić information content (AvgIpc) is 4.27. The summed E-state index contributed by atoms with van der Waals surface area (Å²) in [4.78, 5) is 62.7. The Labute approximate surface area is 469 Å². The van der Waals surface area contributed by atoms with E-state index >= 15 is 4.79 Å². The Kier molecular flexibility index (Phi) is 19.3. The molecule has 3 atom stereocenters. The van der Waals surface area contributed by atoms with Crippen LogP contribution >= 0.6 is 0 Å². The van der Waals surface area contributed by atoms with Gasteiger partial charge in [-0.1, -0.05) is 60.1 Å². The summed E-state index contributed by atoms with van der Waals surface area (Å²) in [7, 11) is 0. The van der Waals surface area contributed by atoms with Crippen LogP contribution in [0.15, 0.2) is 140 Å². The molecule has 0 radical (unpaired) electrons. The standard InChI is InChI=1S/C64H64N6O11/c1-39(2)80-58-25-20-42(29-53(58)62(76)68-48(36-72)32-46-34-66-55-11-7-5-9-50(46)55)15-16-44-19-24-52(64(78)79)57(31-44)69-60(38-74)70(49(37-73)33-47-35-67-56-12-8-6-10-51(47)56)63(77)54-30-43(21-26-59(54)81-40(3)4)14-13-41-17-22-45(23-18-41)61(75)65-27-28-71/h5-12,17-26,29-31,34-35,39-40,48-49,60,66-67,69,71-74H,27-28,32-33,36-38H2,1-4H3,(H,65,75)(H,68,76)(H,78,79)/t48-,49-,60?/m1/s1. The maximum Gasteiger partial charge on any atom is 0.337 e. The van der Waals surface area contributed by atoms with E-state index in [1.807, 2.05) is 68.6 Å². The number of anilines is 1. The van der Waals surface area contributed by atoms with Crippen molar-refractivity contribution < 1.29 is 54.2 Å². The number of ether oxygens (including phenoxy) is 2. The lowest BCUT2D eigenvalue weighted by Crippen LogP contribution is -2.54. The quantitative estimate of drug-likeness (QED) is 0.0238. The van der Waals surface area contributed by atoms with Gasteiger partial charge in [-0.25, -0.2) is 4.79 Å². The maximum atomic E-state index is 15.5. The number of H-pyrrole nitrogens is 2. The molecule has 17 heteroatoms. The van der Waals surface area contributed by atoms with Gasteiger partial charge in [-0.05, 0) is 143 Å². The SMILES string of the molecule is CC(C)Oc1ccc(C#Cc2ccc(C(=O)O)c(NC(CO)N(C(=O)c3cc(C#Cc4ccc(C(=O)NCCO)cc4)ccc3OC(C)C)[C@@H](CO)Cc3c[nH]c4ccccc34)c2)cc1C(=O)N[C@@H](CO)Cc1c[nH]c2ccccc12. The second kappa shape index (κ2) is 27.0. The lowest BCUT2D eigenvalue weighted by molar-refractivity contribution is 0.0394. The zero-order valence-corrected chi connectivity index (χ0v) is 45.2. The smallest absolute Gasteiger partial charge is 0.337 e. The first-order valence-corrected chi connectivity index (χ1v) is 26.5. The molecule has 0 saturated carbocycles. The maximum absolute atomic E-state index is 15.5. The monoisotopic (exact) mass is 1090 g/mol. The zero-order valence-electron chi connectivity index (χ0n) is 45.2. The fourth-order valence-corrected chi connectivity index (χ4v) is 9.35. The van der Waals surface area contributed by atoms with Crippen molar-refractivity contribution in [2.45, 2.75) is 71.0 Å². The topological polar surface area (TPSA) is 259 Å².